The van der Waals surface area contributed by atoms with Gasteiger partial charge in [-0.15, -0.1) is 0 Å². The maximum atomic E-state index is 10.8. The van der Waals surface area contributed by atoms with Crippen LogP contribution in [0.4, 0.5) is 5.69 Å². The molecule has 2 aromatic carbocycles. The molecule has 14 heavy (non-hydrogen) atoms. The number of carbonyl (C=O) groups excluding carboxylic acids is 1. The summed E-state index contributed by atoms with van der Waals surface area (Å²) in [5, 5.41) is 5.18. The first kappa shape index (κ1) is 8.75. The highest BCUT2D eigenvalue weighted by Crippen LogP contribution is 2.24. The maximum absolute atomic E-state index is 10.8. The first-order chi connectivity index (χ1) is 6.86. The Labute approximate surface area is 82.6 Å². The van der Waals surface area contributed by atoms with Crippen LogP contribution in [0.2, 0.25) is 0 Å². The van der Waals surface area contributed by atoms with Gasteiger partial charge in [0, 0.05) is 23.7 Å². The van der Waals surface area contributed by atoms with Crippen LogP contribution in [-0.4, -0.2) is 13.3 Å². The van der Waals surface area contributed by atoms with Gasteiger partial charge in [0.05, 0.1) is 0 Å². The van der Waals surface area contributed by atoms with Crippen LogP contribution in [0, 0.1) is 0 Å². The van der Waals surface area contributed by atoms with Crippen LogP contribution in [-0.2, 0) is 0 Å². The van der Waals surface area contributed by atoms with Gasteiger partial charge in [-0.3, -0.25) is 4.79 Å². The van der Waals surface area contributed by atoms with E-state index in [-0.39, 0.29) is 0 Å². The number of hydrogen-bond acceptors (Lipinski definition) is 2. The predicted molar refractivity (Wildman–Crippen MR) is 58.9 cm³/mol. The summed E-state index contributed by atoms with van der Waals surface area (Å²) in [6.45, 7) is 0. The molecule has 0 fully saturated rings. The lowest BCUT2D eigenvalue weighted by Crippen LogP contribution is -1.90. The Bertz CT molecular complexity index is 477. The van der Waals surface area contributed by atoms with Gasteiger partial charge in [0.1, 0.15) is 0 Å². The van der Waals surface area contributed by atoms with Crippen LogP contribution in [0.15, 0.2) is 36.4 Å². The second-order valence-electron chi connectivity index (χ2n) is 3.12. The van der Waals surface area contributed by atoms with Gasteiger partial charge in [-0.1, -0.05) is 30.3 Å². The van der Waals surface area contributed by atoms with Gasteiger partial charge in [-0.05, 0) is 11.5 Å². The molecule has 0 saturated heterocycles. The second-order valence-corrected chi connectivity index (χ2v) is 3.12. The van der Waals surface area contributed by atoms with Crippen LogP contribution in [0.25, 0.3) is 10.8 Å². The highest BCUT2D eigenvalue weighted by atomic mass is 16.1. The lowest BCUT2D eigenvalue weighted by molar-refractivity contribution is 0.112. The van der Waals surface area contributed by atoms with Gasteiger partial charge in [0.15, 0.2) is 6.29 Å². The van der Waals surface area contributed by atoms with Gasteiger partial charge in [-0.2, -0.15) is 0 Å². The zero-order chi connectivity index (χ0) is 9.97. The number of rotatable bonds is 2. The first-order valence-electron chi connectivity index (χ1n) is 4.51. The van der Waals surface area contributed by atoms with Crippen molar-refractivity contribution in [2.24, 2.45) is 0 Å². The molecule has 2 aromatic rings. The van der Waals surface area contributed by atoms with Crippen molar-refractivity contribution in [2.45, 2.75) is 0 Å². The molecule has 1 N–H and O–H groups in total. The molecule has 0 aliphatic rings. The molecular formula is C12H11NO. The number of benzene rings is 2. The number of hydrogen-bond donors (Lipinski definition) is 1. The van der Waals surface area contributed by atoms with E-state index in [4.69, 9.17) is 0 Å². The predicted octanol–water partition coefficient (Wildman–Crippen LogP) is 2.69. The summed E-state index contributed by atoms with van der Waals surface area (Å²) < 4.78 is 0. The molecule has 70 valence electrons. The summed E-state index contributed by atoms with van der Waals surface area (Å²) in [5.41, 5.74) is 1.78. The topological polar surface area (TPSA) is 29.1 Å². The number of aldehydes is 1. The Morgan fingerprint density at radius 2 is 1.79 bits per heavy atom. The molecule has 0 aliphatic heterocycles. The first-order valence-corrected chi connectivity index (χ1v) is 4.51. The number of carbonyl (C=O) groups is 1. The molecule has 0 aromatic heterocycles. The van der Waals surface area contributed by atoms with E-state index in [9.17, 15) is 4.79 Å². The summed E-state index contributed by atoms with van der Waals surface area (Å²) in [5.74, 6) is 0. The van der Waals surface area contributed by atoms with Gasteiger partial charge in [0.2, 0.25) is 0 Å². The molecule has 0 amide bonds. The average Bonchev–Trinajstić information content (AvgIpc) is 2.27. The third-order valence-corrected chi connectivity index (χ3v) is 2.35. The molecule has 0 aliphatic carbocycles. The Kier molecular flexibility index (Phi) is 2.19. The highest BCUT2D eigenvalue weighted by molar-refractivity contribution is 6.03. The summed E-state index contributed by atoms with van der Waals surface area (Å²) in [4.78, 5) is 10.8. The Balaban J connectivity index is 2.84. The smallest absolute Gasteiger partial charge is 0.150 e. The molecule has 0 unspecified atom stereocenters. The summed E-state index contributed by atoms with van der Waals surface area (Å²) in [7, 11) is 1.88. The molecule has 0 atom stereocenters. The zero-order valence-electron chi connectivity index (χ0n) is 7.95. The molecule has 0 radical (unpaired) electrons. The van der Waals surface area contributed by atoms with Crippen LogP contribution >= 0.6 is 0 Å². The van der Waals surface area contributed by atoms with Gasteiger partial charge >= 0.3 is 0 Å². The molecule has 0 heterocycles. The monoisotopic (exact) mass is 185 g/mol. The van der Waals surface area contributed by atoms with E-state index in [0.717, 1.165) is 28.3 Å². The third kappa shape index (κ3) is 1.25. The lowest BCUT2D eigenvalue weighted by Gasteiger charge is -2.06. The van der Waals surface area contributed by atoms with E-state index in [2.05, 4.69) is 5.32 Å². The number of anilines is 1. The standard InChI is InChI=1S/C12H11NO/c1-13-12-7-3-5-10-9(8-14)4-2-6-11(10)12/h2-8,13H,1H3. The summed E-state index contributed by atoms with van der Waals surface area (Å²) in [6.07, 6.45) is 0.891. The van der Waals surface area contributed by atoms with E-state index in [1.165, 1.54) is 0 Å². The van der Waals surface area contributed by atoms with E-state index in [1.807, 2.05) is 43.4 Å². The van der Waals surface area contributed by atoms with E-state index in [0.29, 0.717) is 0 Å². The number of fused-ring (bicyclic) bond motifs is 1. The van der Waals surface area contributed by atoms with Crippen molar-refractivity contribution in [3.8, 4) is 0 Å². The van der Waals surface area contributed by atoms with Crippen molar-refractivity contribution >= 4 is 22.7 Å². The quantitative estimate of drug-likeness (QED) is 0.729. The molecular weight excluding hydrogens is 174 g/mol. The zero-order valence-corrected chi connectivity index (χ0v) is 7.95. The average molecular weight is 185 g/mol. The fourth-order valence-electron chi connectivity index (χ4n) is 1.66. The largest absolute Gasteiger partial charge is 0.388 e. The summed E-state index contributed by atoms with van der Waals surface area (Å²) >= 11 is 0. The van der Waals surface area contributed by atoms with Crippen LogP contribution in [0.5, 0.6) is 0 Å². The minimum Gasteiger partial charge on any atom is -0.388 e. The SMILES string of the molecule is CNc1cccc2c(C=O)cccc12. The van der Waals surface area contributed by atoms with E-state index < -0.39 is 0 Å². The Morgan fingerprint density at radius 3 is 2.50 bits per heavy atom. The highest BCUT2D eigenvalue weighted by Gasteiger charge is 2.01. The fourth-order valence-corrected chi connectivity index (χ4v) is 1.66. The van der Waals surface area contributed by atoms with E-state index in [1.54, 1.807) is 0 Å². The van der Waals surface area contributed by atoms with Gasteiger partial charge in [-0.25, -0.2) is 0 Å². The second kappa shape index (κ2) is 3.50. The third-order valence-electron chi connectivity index (χ3n) is 2.35. The Morgan fingerprint density at radius 1 is 1.07 bits per heavy atom. The maximum Gasteiger partial charge on any atom is 0.150 e. The number of nitrogens with one attached hydrogen (secondary N) is 1. The molecule has 0 bridgehead atoms. The Hall–Kier alpha value is -1.83. The normalized spacial score (nSPS) is 10.1. The van der Waals surface area contributed by atoms with Gasteiger partial charge < -0.3 is 5.32 Å². The van der Waals surface area contributed by atoms with Crippen LogP contribution in [0.3, 0.4) is 0 Å². The van der Waals surface area contributed by atoms with Crippen molar-refractivity contribution in [3.05, 3.63) is 42.0 Å². The van der Waals surface area contributed by atoms with Crippen LogP contribution in [0.1, 0.15) is 10.4 Å². The summed E-state index contributed by atoms with van der Waals surface area (Å²) in [6, 6.07) is 11.6. The van der Waals surface area contributed by atoms with E-state index >= 15 is 0 Å². The minimum atomic E-state index is 0.736. The van der Waals surface area contributed by atoms with Crippen molar-refractivity contribution in [3.63, 3.8) is 0 Å². The molecule has 0 saturated carbocycles. The molecule has 2 heteroatoms. The molecule has 2 nitrogen and oxygen atoms in total. The van der Waals surface area contributed by atoms with Crippen molar-refractivity contribution in [2.75, 3.05) is 12.4 Å². The minimum absolute atomic E-state index is 0.736. The van der Waals surface area contributed by atoms with Crippen molar-refractivity contribution in [1.29, 1.82) is 0 Å². The van der Waals surface area contributed by atoms with Crippen molar-refractivity contribution in [1.82, 2.24) is 0 Å². The van der Waals surface area contributed by atoms with Crippen molar-refractivity contribution < 1.29 is 4.79 Å². The lowest BCUT2D eigenvalue weighted by atomic mass is 10.0. The molecule has 0 spiro atoms. The van der Waals surface area contributed by atoms with Gasteiger partial charge in [0.25, 0.3) is 0 Å². The molecule has 2 rings (SSSR count). The fraction of sp³-hybridized carbons (Fsp3) is 0.0833. The van der Waals surface area contributed by atoms with Crippen LogP contribution < -0.4 is 5.32 Å².